The van der Waals surface area contributed by atoms with E-state index in [0.717, 1.165) is 31.8 Å². The van der Waals surface area contributed by atoms with Gasteiger partial charge < -0.3 is 10.1 Å². The highest BCUT2D eigenvalue weighted by molar-refractivity contribution is 9.10. The summed E-state index contributed by atoms with van der Waals surface area (Å²) >= 11 is 3.23. The van der Waals surface area contributed by atoms with Gasteiger partial charge in [0.25, 0.3) is 5.91 Å². The standard InChI is InChI=1S/C17H19BrFNO3/c1-11(17(22)20-14-4-2-3-5-14)23-16(21)9-6-12-10-13(18)7-8-15(12)19/h6-11,14H,2-5H2,1H3,(H,20,22)/b9-6+/t11-/m1/s1. The van der Waals surface area contributed by atoms with Gasteiger partial charge in [-0.15, -0.1) is 0 Å². The van der Waals surface area contributed by atoms with E-state index in [2.05, 4.69) is 21.2 Å². The van der Waals surface area contributed by atoms with Gasteiger partial charge in [-0.25, -0.2) is 9.18 Å². The smallest absolute Gasteiger partial charge is 0.331 e. The van der Waals surface area contributed by atoms with Crippen LogP contribution in [-0.2, 0) is 14.3 Å². The van der Waals surface area contributed by atoms with Crippen LogP contribution in [0.25, 0.3) is 6.08 Å². The van der Waals surface area contributed by atoms with Crippen molar-refractivity contribution < 1.29 is 18.7 Å². The minimum absolute atomic E-state index is 0.176. The Balaban J connectivity index is 1.86. The molecule has 1 atom stereocenters. The van der Waals surface area contributed by atoms with Crippen LogP contribution in [0.15, 0.2) is 28.7 Å². The molecule has 0 radical (unpaired) electrons. The summed E-state index contributed by atoms with van der Waals surface area (Å²) in [4.78, 5) is 23.7. The second kappa shape index (κ2) is 8.24. The molecule has 1 aliphatic carbocycles. The molecule has 0 heterocycles. The molecule has 2 rings (SSSR count). The van der Waals surface area contributed by atoms with Gasteiger partial charge in [-0.1, -0.05) is 28.8 Å². The predicted molar refractivity (Wildman–Crippen MR) is 89.1 cm³/mol. The predicted octanol–water partition coefficient (Wildman–Crippen LogP) is 3.59. The largest absolute Gasteiger partial charge is 0.449 e. The second-order valence-electron chi connectivity index (χ2n) is 5.57. The molecule has 0 aliphatic heterocycles. The minimum atomic E-state index is -0.875. The number of amides is 1. The lowest BCUT2D eigenvalue weighted by atomic mass is 10.2. The third-order valence-electron chi connectivity index (χ3n) is 3.72. The molecule has 1 amide bonds. The maximum Gasteiger partial charge on any atom is 0.331 e. The third kappa shape index (κ3) is 5.46. The Labute approximate surface area is 143 Å². The summed E-state index contributed by atoms with van der Waals surface area (Å²) < 4.78 is 19.3. The lowest BCUT2D eigenvalue weighted by Gasteiger charge is -2.16. The van der Waals surface area contributed by atoms with E-state index in [1.807, 2.05) is 0 Å². The second-order valence-corrected chi connectivity index (χ2v) is 6.48. The van der Waals surface area contributed by atoms with Crippen LogP contribution >= 0.6 is 15.9 Å². The first-order chi connectivity index (χ1) is 11.0. The monoisotopic (exact) mass is 383 g/mol. The summed E-state index contributed by atoms with van der Waals surface area (Å²) in [5, 5.41) is 2.87. The van der Waals surface area contributed by atoms with Gasteiger partial charge in [-0.2, -0.15) is 0 Å². The van der Waals surface area contributed by atoms with Gasteiger partial charge in [-0.3, -0.25) is 4.79 Å². The van der Waals surface area contributed by atoms with Crippen molar-refractivity contribution in [1.82, 2.24) is 5.32 Å². The maximum atomic E-state index is 13.5. The van der Waals surface area contributed by atoms with E-state index >= 15 is 0 Å². The van der Waals surface area contributed by atoms with Crippen LogP contribution in [0.2, 0.25) is 0 Å². The van der Waals surface area contributed by atoms with Crippen LogP contribution in [0.1, 0.15) is 38.2 Å². The number of carbonyl (C=O) groups is 2. The Morgan fingerprint density at radius 3 is 2.78 bits per heavy atom. The topological polar surface area (TPSA) is 55.4 Å². The van der Waals surface area contributed by atoms with E-state index in [-0.39, 0.29) is 17.5 Å². The van der Waals surface area contributed by atoms with Crippen LogP contribution in [0.3, 0.4) is 0 Å². The van der Waals surface area contributed by atoms with Gasteiger partial charge in [-0.05, 0) is 44.0 Å². The van der Waals surface area contributed by atoms with Gasteiger partial charge >= 0.3 is 5.97 Å². The summed E-state index contributed by atoms with van der Waals surface area (Å²) in [6.45, 7) is 1.52. The Morgan fingerprint density at radius 1 is 1.39 bits per heavy atom. The highest BCUT2D eigenvalue weighted by Crippen LogP contribution is 2.18. The van der Waals surface area contributed by atoms with Gasteiger partial charge in [0, 0.05) is 22.2 Å². The lowest BCUT2D eigenvalue weighted by Crippen LogP contribution is -2.40. The Kier molecular flexibility index (Phi) is 6.33. The van der Waals surface area contributed by atoms with Crippen molar-refractivity contribution in [3.05, 3.63) is 40.1 Å². The van der Waals surface area contributed by atoms with Crippen molar-refractivity contribution in [1.29, 1.82) is 0 Å². The summed E-state index contributed by atoms with van der Waals surface area (Å²) in [7, 11) is 0. The van der Waals surface area contributed by atoms with Crippen LogP contribution in [0.4, 0.5) is 4.39 Å². The number of carbonyl (C=O) groups excluding carboxylic acids is 2. The Hall–Kier alpha value is -1.69. The molecule has 0 bridgehead atoms. The quantitative estimate of drug-likeness (QED) is 0.624. The molecule has 1 aromatic carbocycles. The molecule has 1 fully saturated rings. The van der Waals surface area contributed by atoms with Crippen molar-refractivity contribution >= 4 is 33.9 Å². The zero-order valence-corrected chi connectivity index (χ0v) is 14.4. The van der Waals surface area contributed by atoms with Crippen LogP contribution in [-0.4, -0.2) is 24.0 Å². The molecular weight excluding hydrogens is 365 g/mol. The Bertz CT molecular complexity index is 612. The number of rotatable bonds is 5. The van der Waals surface area contributed by atoms with Crippen LogP contribution in [0, 0.1) is 5.82 Å². The molecule has 0 unspecified atom stereocenters. The summed E-state index contributed by atoms with van der Waals surface area (Å²) in [6.07, 6.45) is 5.72. The number of halogens is 2. The van der Waals surface area contributed by atoms with Crippen LogP contribution < -0.4 is 5.32 Å². The summed E-state index contributed by atoms with van der Waals surface area (Å²) in [5.41, 5.74) is 0.263. The number of esters is 1. The molecule has 1 saturated carbocycles. The first-order valence-corrected chi connectivity index (χ1v) is 8.39. The van der Waals surface area contributed by atoms with E-state index in [4.69, 9.17) is 4.74 Å². The van der Waals surface area contributed by atoms with Gasteiger partial charge in [0.05, 0.1) is 0 Å². The Morgan fingerprint density at radius 2 is 2.09 bits per heavy atom. The maximum absolute atomic E-state index is 13.5. The zero-order chi connectivity index (χ0) is 16.8. The fourth-order valence-corrected chi connectivity index (χ4v) is 2.83. The normalized spacial score (nSPS) is 16.5. The molecule has 1 aromatic rings. The number of hydrogen-bond donors (Lipinski definition) is 1. The fourth-order valence-electron chi connectivity index (χ4n) is 2.46. The van der Waals surface area contributed by atoms with Crippen molar-refractivity contribution in [2.45, 2.75) is 44.8 Å². The SMILES string of the molecule is C[C@@H](OC(=O)/C=C/c1cc(Br)ccc1F)C(=O)NC1CCCC1. The molecular formula is C17H19BrFNO3. The lowest BCUT2D eigenvalue weighted by molar-refractivity contribution is -0.150. The molecule has 23 heavy (non-hydrogen) atoms. The molecule has 0 spiro atoms. The van der Waals surface area contributed by atoms with E-state index in [1.54, 1.807) is 12.1 Å². The first kappa shape index (κ1) is 17.7. The van der Waals surface area contributed by atoms with Gasteiger partial charge in [0.15, 0.2) is 6.10 Å². The molecule has 1 aliphatic rings. The first-order valence-electron chi connectivity index (χ1n) is 7.60. The highest BCUT2D eigenvalue weighted by Gasteiger charge is 2.22. The molecule has 6 heteroatoms. The molecule has 0 saturated heterocycles. The number of benzene rings is 1. The molecule has 0 aromatic heterocycles. The van der Waals surface area contributed by atoms with Crippen LogP contribution in [0.5, 0.6) is 0 Å². The third-order valence-corrected chi connectivity index (χ3v) is 4.21. The average Bonchev–Trinajstić information content (AvgIpc) is 3.01. The summed E-state index contributed by atoms with van der Waals surface area (Å²) in [5.74, 6) is -1.42. The van der Waals surface area contributed by atoms with E-state index in [9.17, 15) is 14.0 Å². The number of hydrogen-bond acceptors (Lipinski definition) is 3. The van der Waals surface area contributed by atoms with E-state index in [1.165, 1.54) is 19.1 Å². The molecule has 4 nitrogen and oxygen atoms in total. The van der Waals surface area contributed by atoms with E-state index in [0.29, 0.717) is 4.47 Å². The van der Waals surface area contributed by atoms with Crippen molar-refractivity contribution in [3.63, 3.8) is 0 Å². The molecule has 1 N–H and O–H groups in total. The van der Waals surface area contributed by atoms with Crippen molar-refractivity contribution in [2.24, 2.45) is 0 Å². The highest BCUT2D eigenvalue weighted by atomic mass is 79.9. The summed E-state index contributed by atoms with van der Waals surface area (Å²) in [6, 6.07) is 4.60. The number of ether oxygens (including phenoxy) is 1. The average molecular weight is 384 g/mol. The zero-order valence-electron chi connectivity index (χ0n) is 12.9. The fraction of sp³-hybridized carbons (Fsp3) is 0.412. The van der Waals surface area contributed by atoms with Gasteiger partial charge in [0.1, 0.15) is 5.82 Å². The van der Waals surface area contributed by atoms with Crippen molar-refractivity contribution in [2.75, 3.05) is 0 Å². The molecule has 124 valence electrons. The van der Waals surface area contributed by atoms with Gasteiger partial charge in [0.2, 0.25) is 0 Å². The van der Waals surface area contributed by atoms with Crippen molar-refractivity contribution in [3.8, 4) is 0 Å². The minimum Gasteiger partial charge on any atom is -0.449 e. The number of nitrogens with one attached hydrogen (secondary N) is 1. The van der Waals surface area contributed by atoms with E-state index < -0.39 is 17.9 Å².